The van der Waals surface area contributed by atoms with Crippen molar-refractivity contribution in [1.29, 1.82) is 0 Å². The second kappa shape index (κ2) is 6.84. The molecule has 152 valence electrons. The summed E-state index contributed by atoms with van der Waals surface area (Å²) in [5, 5.41) is 1.17. The number of carbonyl (C=O) groups excluding carboxylic acids is 2. The smallest absolute Gasteiger partial charge is 0.259 e. The molecule has 31 heavy (non-hydrogen) atoms. The molecule has 0 atom stereocenters. The summed E-state index contributed by atoms with van der Waals surface area (Å²) in [4.78, 5) is 34.0. The van der Waals surface area contributed by atoms with Crippen LogP contribution in [0.3, 0.4) is 0 Å². The molecule has 0 fully saturated rings. The van der Waals surface area contributed by atoms with Crippen molar-refractivity contribution in [3.05, 3.63) is 101 Å². The first-order chi connectivity index (χ1) is 15.2. The Balaban J connectivity index is 1.34. The van der Waals surface area contributed by atoms with E-state index in [9.17, 15) is 9.59 Å². The van der Waals surface area contributed by atoms with Gasteiger partial charge in [0, 0.05) is 47.4 Å². The zero-order valence-corrected chi connectivity index (χ0v) is 17.0. The van der Waals surface area contributed by atoms with Gasteiger partial charge < -0.3 is 14.8 Å². The van der Waals surface area contributed by atoms with Crippen LogP contribution in [0.5, 0.6) is 0 Å². The molecule has 3 aromatic carbocycles. The van der Waals surface area contributed by atoms with E-state index in [1.807, 2.05) is 59.5 Å². The Bertz CT molecular complexity index is 1340. The minimum absolute atomic E-state index is 0.0731. The Kier molecular flexibility index (Phi) is 3.96. The van der Waals surface area contributed by atoms with Crippen molar-refractivity contribution in [2.75, 3.05) is 11.4 Å². The third-order valence-electron chi connectivity index (χ3n) is 6.41. The Labute approximate surface area is 179 Å². The molecule has 0 saturated heterocycles. The van der Waals surface area contributed by atoms with Crippen LogP contribution in [0.1, 0.15) is 37.5 Å². The predicted molar refractivity (Wildman–Crippen MR) is 120 cm³/mol. The zero-order chi connectivity index (χ0) is 20.9. The lowest BCUT2D eigenvalue weighted by Crippen LogP contribution is -2.36. The second-order valence-electron chi connectivity index (χ2n) is 8.17. The molecule has 0 radical (unpaired) electrons. The van der Waals surface area contributed by atoms with E-state index in [1.54, 1.807) is 11.0 Å². The van der Waals surface area contributed by atoms with E-state index in [4.69, 9.17) is 0 Å². The maximum atomic E-state index is 13.6. The van der Waals surface area contributed by atoms with Crippen LogP contribution in [-0.2, 0) is 19.5 Å². The summed E-state index contributed by atoms with van der Waals surface area (Å²) in [6.07, 6.45) is 0.787. The molecule has 2 amide bonds. The van der Waals surface area contributed by atoms with Crippen molar-refractivity contribution in [1.82, 2.24) is 9.88 Å². The number of fused-ring (bicyclic) bond motifs is 4. The second-order valence-corrected chi connectivity index (χ2v) is 8.17. The molecule has 0 spiro atoms. The van der Waals surface area contributed by atoms with Crippen LogP contribution in [0.15, 0.2) is 72.8 Å². The molecule has 5 nitrogen and oxygen atoms in total. The Morgan fingerprint density at radius 3 is 2.55 bits per heavy atom. The number of nitrogens with one attached hydrogen (secondary N) is 1. The van der Waals surface area contributed by atoms with E-state index in [1.165, 1.54) is 16.6 Å². The molecule has 0 bridgehead atoms. The molecule has 5 heteroatoms. The zero-order valence-electron chi connectivity index (χ0n) is 17.0. The van der Waals surface area contributed by atoms with Crippen molar-refractivity contribution in [2.45, 2.75) is 19.5 Å². The number of carbonyl (C=O) groups is 2. The van der Waals surface area contributed by atoms with Crippen molar-refractivity contribution < 1.29 is 9.59 Å². The van der Waals surface area contributed by atoms with E-state index in [0.29, 0.717) is 30.8 Å². The van der Waals surface area contributed by atoms with E-state index < -0.39 is 0 Å². The van der Waals surface area contributed by atoms with E-state index in [2.05, 4.69) is 17.1 Å². The monoisotopic (exact) mass is 407 g/mol. The first-order valence-corrected chi connectivity index (χ1v) is 10.6. The molecule has 1 aromatic heterocycles. The number of aromatic nitrogens is 1. The summed E-state index contributed by atoms with van der Waals surface area (Å²) in [6.45, 7) is 1.68. The molecular formula is C26H21N3O2. The number of aromatic amines is 1. The number of nitrogens with zero attached hydrogens (tertiary/aromatic N) is 2. The number of rotatable bonds is 2. The average Bonchev–Trinajstić information content (AvgIpc) is 3.36. The topological polar surface area (TPSA) is 56.4 Å². The van der Waals surface area contributed by atoms with Gasteiger partial charge in [-0.1, -0.05) is 48.5 Å². The quantitative estimate of drug-likeness (QED) is 0.531. The molecule has 2 aliphatic heterocycles. The van der Waals surface area contributed by atoms with E-state index >= 15 is 0 Å². The largest absolute Gasteiger partial charge is 0.358 e. The highest BCUT2D eigenvalue weighted by atomic mass is 16.2. The van der Waals surface area contributed by atoms with Crippen molar-refractivity contribution >= 4 is 28.4 Å². The molecule has 0 aliphatic carbocycles. The third kappa shape index (κ3) is 2.77. The van der Waals surface area contributed by atoms with Gasteiger partial charge in [-0.3, -0.25) is 9.59 Å². The average molecular weight is 407 g/mol. The van der Waals surface area contributed by atoms with Crippen LogP contribution in [0.25, 0.3) is 10.9 Å². The number of amides is 2. The fraction of sp³-hybridized carbons (Fsp3) is 0.154. The van der Waals surface area contributed by atoms with Gasteiger partial charge in [-0.15, -0.1) is 0 Å². The maximum Gasteiger partial charge on any atom is 0.259 e. The van der Waals surface area contributed by atoms with Gasteiger partial charge in [0.25, 0.3) is 11.8 Å². The molecule has 1 N–H and O–H groups in total. The molecule has 0 unspecified atom stereocenters. The molecule has 6 rings (SSSR count). The highest BCUT2D eigenvalue weighted by Gasteiger charge is 2.34. The summed E-state index contributed by atoms with van der Waals surface area (Å²) >= 11 is 0. The number of benzene rings is 3. The molecule has 3 heterocycles. The van der Waals surface area contributed by atoms with Crippen LogP contribution in [0, 0.1) is 0 Å². The first kappa shape index (κ1) is 18.0. The number of hydrogen-bond donors (Lipinski definition) is 1. The van der Waals surface area contributed by atoms with Gasteiger partial charge in [-0.2, -0.15) is 0 Å². The molecule has 4 aromatic rings. The van der Waals surface area contributed by atoms with Crippen molar-refractivity contribution in [2.24, 2.45) is 0 Å². The van der Waals surface area contributed by atoms with Gasteiger partial charge in [0.05, 0.1) is 17.7 Å². The summed E-state index contributed by atoms with van der Waals surface area (Å²) in [5.41, 5.74) is 6.30. The highest BCUT2D eigenvalue weighted by molar-refractivity contribution is 6.16. The molecule has 2 aliphatic rings. The lowest BCUT2D eigenvalue weighted by Gasteiger charge is -2.28. The summed E-state index contributed by atoms with van der Waals surface area (Å²) in [6, 6.07) is 23.5. The van der Waals surface area contributed by atoms with Gasteiger partial charge >= 0.3 is 0 Å². The van der Waals surface area contributed by atoms with Crippen LogP contribution in [0.4, 0.5) is 5.69 Å². The molecular weight excluding hydrogens is 386 g/mol. The lowest BCUT2D eigenvalue weighted by atomic mass is 9.99. The first-order valence-electron chi connectivity index (χ1n) is 10.6. The van der Waals surface area contributed by atoms with E-state index in [0.717, 1.165) is 23.2 Å². The highest BCUT2D eigenvalue weighted by Crippen LogP contribution is 2.33. The fourth-order valence-corrected chi connectivity index (χ4v) is 4.87. The number of hydrogen-bond acceptors (Lipinski definition) is 2. The lowest BCUT2D eigenvalue weighted by molar-refractivity contribution is 0.0730. The Hall–Kier alpha value is -3.86. The Morgan fingerprint density at radius 1 is 0.871 bits per heavy atom. The van der Waals surface area contributed by atoms with Crippen molar-refractivity contribution in [3.63, 3.8) is 0 Å². The number of H-pyrrole nitrogens is 1. The van der Waals surface area contributed by atoms with Crippen LogP contribution >= 0.6 is 0 Å². The number of anilines is 1. The maximum absolute atomic E-state index is 13.6. The fourth-order valence-electron chi connectivity index (χ4n) is 4.87. The molecule has 0 saturated carbocycles. The predicted octanol–water partition coefficient (Wildman–Crippen LogP) is 4.53. The SMILES string of the molecule is O=C(c1cccc2c1C(=O)N(c1ccccc1)C2)N1CCc2[nH]c3ccccc3c2C1. The number of para-hydroxylation sites is 2. The third-order valence-corrected chi connectivity index (χ3v) is 6.41. The van der Waals surface area contributed by atoms with Crippen LogP contribution < -0.4 is 4.90 Å². The Morgan fingerprint density at radius 2 is 1.68 bits per heavy atom. The van der Waals surface area contributed by atoms with Crippen LogP contribution in [0.2, 0.25) is 0 Å². The van der Waals surface area contributed by atoms with Gasteiger partial charge in [-0.05, 0) is 29.8 Å². The summed E-state index contributed by atoms with van der Waals surface area (Å²) in [5.74, 6) is -0.175. The van der Waals surface area contributed by atoms with Gasteiger partial charge in [0.1, 0.15) is 0 Å². The van der Waals surface area contributed by atoms with Crippen molar-refractivity contribution in [3.8, 4) is 0 Å². The van der Waals surface area contributed by atoms with Crippen LogP contribution in [-0.4, -0.2) is 28.2 Å². The standard InChI is InChI=1S/C26H21N3O2/c30-25(28-14-13-23-21(16-28)19-10-4-5-12-22(19)27-23)20-11-6-7-17-15-29(26(31)24(17)20)18-8-2-1-3-9-18/h1-12,27H,13-16H2. The van der Waals surface area contributed by atoms with Gasteiger partial charge in [-0.25, -0.2) is 0 Å². The minimum Gasteiger partial charge on any atom is -0.358 e. The summed E-state index contributed by atoms with van der Waals surface area (Å²) in [7, 11) is 0. The minimum atomic E-state index is -0.102. The summed E-state index contributed by atoms with van der Waals surface area (Å²) < 4.78 is 0. The van der Waals surface area contributed by atoms with Gasteiger partial charge in [0.2, 0.25) is 0 Å². The van der Waals surface area contributed by atoms with Gasteiger partial charge in [0.15, 0.2) is 0 Å². The van der Waals surface area contributed by atoms with E-state index in [-0.39, 0.29) is 11.8 Å². The normalized spacial score (nSPS) is 15.3.